The zero-order valence-corrected chi connectivity index (χ0v) is 4.88. The Labute approximate surface area is 49.1 Å². The Bertz CT molecular complexity index is 72.9. The molecule has 1 fully saturated rings. The van der Waals surface area contributed by atoms with Crippen molar-refractivity contribution in [3.8, 4) is 0 Å². The normalized spacial score (nSPS) is 38.2. The fourth-order valence-electron chi connectivity index (χ4n) is 1.21. The molecular weight excluding hydrogens is 104 g/mol. The van der Waals surface area contributed by atoms with Crippen molar-refractivity contribution in [2.24, 2.45) is 5.92 Å². The lowest BCUT2D eigenvalue weighted by Gasteiger charge is -2.00. The summed E-state index contributed by atoms with van der Waals surface area (Å²) in [7, 11) is 0. The lowest BCUT2D eigenvalue weighted by Crippen LogP contribution is -2.03. The minimum absolute atomic E-state index is 0.132. The Balaban J connectivity index is 2.22. The zero-order valence-electron chi connectivity index (χ0n) is 4.88. The van der Waals surface area contributed by atoms with Crippen LogP contribution in [0.25, 0.3) is 0 Å². The Morgan fingerprint density at radius 3 is 2.38 bits per heavy atom. The van der Waals surface area contributed by atoms with E-state index in [2.05, 4.69) is 0 Å². The highest BCUT2D eigenvalue weighted by Gasteiger charge is 2.21. The molecular formula is C6H12O2. The first-order valence-corrected chi connectivity index (χ1v) is 3.12. The van der Waals surface area contributed by atoms with E-state index in [-0.39, 0.29) is 12.7 Å². The van der Waals surface area contributed by atoms with E-state index in [1.54, 1.807) is 0 Å². The van der Waals surface area contributed by atoms with Crippen molar-refractivity contribution in [1.82, 2.24) is 0 Å². The molecule has 48 valence electrons. The number of aliphatic hydroxyl groups is 2. The first-order chi connectivity index (χ1) is 3.83. The summed E-state index contributed by atoms with van der Waals surface area (Å²) in [5.41, 5.74) is 0. The molecule has 1 saturated carbocycles. The first-order valence-electron chi connectivity index (χ1n) is 3.12. The molecule has 1 unspecified atom stereocenters. The van der Waals surface area contributed by atoms with Gasteiger partial charge >= 0.3 is 0 Å². The smallest absolute Gasteiger partial charge is 0.0543 e. The fourth-order valence-corrected chi connectivity index (χ4v) is 1.21. The number of rotatable bonds is 1. The van der Waals surface area contributed by atoms with Crippen LogP contribution >= 0.6 is 0 Å². The van der Waals surface area contributed by atoms with Crippen molar-refractivity contribution in [3.63, 3.8) is 0 Å². The van der Waals surface area contributed by atoms with Gasteiger partial charge in [-0.15, -0.1) is 0 Å². The monoisotopic (exact) mass is 116 g/mol. The van der Waals surface area contributed by atoms with Crippen molar-refractivity contribution in [3.05, 3.63) is 0 Å². The van der Waals surface area contributed by atoms with Crippen LogP contribution in [-0.2, 0) is 0 Å². The molecule has 0 amide bonds. The third kappa shape index (κ3) is 1.20. The minimum Gasteiger partial charge on any atom is -0.396 e. The molecule has 0 aliphatic heterocycles. The van der Waals surface area contributed by atoms with Crippen molar-refractivity contribution < 1.29 is 10.2 Å². The van der Waals surface area contributed by atoms with E-state index in [1.807, 2.05) is 0 Å². The molecule has 2 nitrogen and oxygen atoms in total. The minimum atomic E-state index is -0.132. The molecule has 0 aromatic rings. The van der Waals surface area contributed by atoms with Crippen LogP contribution in [0, 0.1) is 5.92 Å². The highest BCUT2D eigenvalue weighted by Crippen LogP contribution is 2.24. The van der Waals surface area contributed by atoms with Gasteiger partial charge in [0.1, 0.15) is 0 Å². The molecule has 0 bridgehead atoms. The maximum Gasteiger partial charge on any atom is 0.0543 e. The number of hydrogen-bond acceptors (Lipinski definition) is 2. The fraction of sp³-hybridized carbons (Fsp3) is 1.00. The van der Waals surface area contributed by atoms with E-state index in [0.29, 0.717) is 5.92 Å². The van der Waals surface area contributed by atoms with Crippen LogP contribution in [0.4, 0.5) is 0 Å². The van der Waals surface area contributed by atoms with Gasteiger partial charge in [0.05, 0.1) is 6.10 Å². The number of hydrogen-bond donors (Lipinski definition) is 2. The first kappa shape index (κ1) is 6.05. The van der Waals surface area contributed by atoms with Crippen LogP contribution in [0.1, 0.15) is 19.3 Å². The quantitative estimate of drug-likeness (QED) is 0.511. The van der Waals surface area contributed by atoms with E-state index >= 15 is 0 Å². The summed E-state index contributed by atoms with van der Waals surface area (Å²) in [5, 5.41) is 17.5. The summed E-state index contributed by atoms with van der Waals surface area (Å²) in [6, 6.07) is 0. The second-order valence-electron chi connectivity index (χ2n) is 2.52. The third-order valence-electron chi connectivity index (χ3n) is 1.77. The second kappa shape index (κ2) is 2.46. The predicted molar refractivity (Wildman–Crippen MR) is 30.4 cm³/mol. The van der Waals surface area contributed by atoms with Gasteiger partial charge in [-0.1, -0.05) is 0 Å². The predicted octanol–water partition coefficient (Wildman–Crippen LogP) is 0.140. The van der Waals surface area contributed by atoms with Gasteiger partial charge in [0.15, 0.2) is 0 Å². The van der Waals surface area contributed by atoms with Crippen LogP contribution in [0.5, 0.6) is 0 Å². The van der Waals surface area contributed by atoms with Crippen LogP contribution in [0.3, 0.4) is 0 Å². The van der Waals surface area contributed by atoms with E-state index < -0.39 is 0 Å². The van der Waals surface area contributed by atoms with Gasteiger partial charge in [0.2, 0.25) is 0 Å². The van der Waals surface area contributed by atoms with E-state index in [1.165, 1.54) is 0 Å². The summed E-state index contributed by atoms with van der Waals surface area (Å²) < 4.78 is 0. The maximum absolute atomic E-state index is 8.92. The molecule has 0 aromatic heterocycles. The molecule has 2 atom stereocenters. The highest BCUT2D eigenvalue weighted by molar-refractivity contribution is 4.73. The van der Waals surface area contributed by atoms with Crippen molar-refractivity contribution >= 4 is 0 Å². The average Bonchev–Trinajstić information content (AvgIpc) is 2.14. The largest absolute Gasteiger partial charge is 0.396 e. The second-order valence-corrected chi connectivity index (χ2v) is 2.52. The molecule has 0 saturated heterocycles. The molecule has 1 aliphatic carbocycles. The van der Waals surface area contributed by atoms with Crippen LogP contribution < -0.4 is 0 Å². The lowest BCUT2D eigenvalue weighted by atomic mass is 10.1. The van der Waals surface area contributed by atoms with Crippen LogP contribution in [0.15, 0.2) is 0 Å². The van der Waals surface area contributed by atoms with Crippen LogP contribution in [0.2, 0.25) is 0 Å². The van der Waals surface area contributed by atoms with E-state index in [9.17, 15) is 0 Å². The van der Waals surface area contributed by atoms with Crippen molar-refractivity contribution in [2.75, 3.05) is 6.61 Å². The SMILES string of the molecule is OC[C@@H]1CCC(O)C1. The topological polar surface area (TPSA) is 40.5 Å². The summed E-state index contributed by atoms with van der Waals surface area (Å²) in [6.07, 6.45) is 2.55. The molecule has 1 aliphatic rings. The summed E-state index contributed by atoms with van der Waals surface area (Å²) in [6.45, 7) is 0.247. The van der Waals surface area contributed by atoms with Crippen molar-refractivity contribution in [2.45, 2.75) is 25.4 Å². The van der Waals surface area contributed by atoms with Gasteiger partial charge in [-0.05, 0) is 25.2 Å². The van der Waals surface area contributed by atoms with Crippen molar-refractivity contribution in [1.29, 1.82) is 0 Å². The maximum atomic E-state index is 8.92. The van der Waals surface area contributed by atoms with Gasteiger partial charge in [-0.25, -0.2) is 0 Å². The molecule has 1 rings (SSSR count). The Morgan fingerprint density at radius 1 is 1.38 bits per heavy atom. The summed E-state index contributed by atoms with van der Waals surface area (Å²) in [5.74, 6) is 0.380. The van der Waals surface area contributed by atoms with Gasteiger partial charge in [0.25, 0.3) is 0 Å². The molecule has 0 radical (unpaired) electrons. The molecule has 2 heteroatoms. The molecule has 0 heterocycles. The van der Waals surface area contributed by atoms with E-state index in [0.717, 1.165) is 19.3 Å². The standard InChI is InChI=1S/C6H12O2/c7-4-5-1-2-6(8)3-5/h5-8H,1-4H2/t5-,6?/m1/s1. The van der Waals surface area contributed by atoms with Gasteiger partial charge in [-0.2, -0.15) is 0 Å². The molecule has 0 spiro atoms. The van der Waals surface area contributed by atoms with Crippen LogP contribution in [-0.4, -0.2) is 22.9 Å². The molecule has 0 aromatic carbocycles. The van der Waals surface area contributed by atoms with Gasteiger partial charge < -0.3 is 10.2 Å². The highest BCUT2D eigenvalue weighted by atomic mass is 16.3. The summed E-state index contributed by atoms with van der Waals surface area (Å²) >= 11 is 0. The Morgan fingerprint density at radius 2 is 2.12 bits per heavy atom. The van der Waals surface area contributed by atoms with Gasteiger partial charge in [0, 0.05) is 6.61 Å². The Kier molecular flexibility index (Phi) is 1.86. The zero-order chi connectivity index (χ0) is 5.98. The Hall–Kier alpha value is -0.0800. The summed E-state index contributed by atoms with van der Waals surface area (Å²) in [4.78, 5) is 0. The third-order valence-corrected chi connectivity index (χ3v) is 1.77. The molecule has 2 N–H and O–H groups in total. The average molecular weight is 116 g/mol. The van der Waals surface area contributed by atoms with Gasteiger partial charge in [-0.3, -0.25) is 0 Å². The number of aliphatic hydroxyl groups excluding tert-OH is 2. The van der Waals surface area contributed by atoms with E-state index in [4.69, 9.17) is 10.2 Å². The molecule has 8 heavy (non-hydrogen) atoms. The lowest BCUT2D eigenvalue weighted by molar-refractivity contribution is 0.163.